The molecule has 1 aliphatic heterocycles. The van der Waals surface area contributed by atoms with Crippen LogP contribution in [0, 0.1) is 17.6 Å². The molecule has 1 fully saturated rings. The third-order valence-corrected chi connectivity index (χ3v) is 3.76. The predicted octanol–water partition coefficient (Wildman–Crippen LogP) is 2.67. The fourth-order valence-corrected chi connectivity index (χ4v) is 2.70. The Morgan fingerprint density at radius 1 is 1.33 bits per heavy atom. The monoisotopic (exact) mass is 229 g/mol. The molecule has 1 aromatic carbocycles. The minimum Gasteiger partial charge on any atom is -0.316 e. The van der Waals surface area contributed by atoms with E-state index >= 15 is 0 Å². The maximum atomic E-state index is 12.9. The largest absolute Gasteiger partial charge is 0.316 e. The number of hydrogen-bond acceptors (Lipinski definition) is 2. The first kappa shape index (κ1) is 10.9. The molecule has 0 radical (unpaired) electrons. The maximum Gasteiger partial charge on any atom is 0.159 e. The quantitative estimate of drug-likeness (QED) is 0.800. The molecule has 4 heteroatoms. The first-order chi connectivity index (χ1) is 7.25. The highest BCUT2D eigenvalue weighted by atomic mass is 32.2. The van der Waals surface area contributed by atoms with Gasteiger partial charge >= 0.3 is 0 Å². The normalized spacial score (nSPS) is 20.8. The van der Waals surface area contributed by atoms with Gasteiger partial charge < -0.3 is 5.32 Å². The summed E-state index contributed by atoms with van der Waals surface area (Å²) in [6.07, 6.45) is 1.18. The van der Waals surface area contributed by atoms with Crippen molar-refractivity contribution >= 4 is 11.8 Å². The minimum absolute atomic E-state index is 0.656. The standard InChI is InChI=1S/C11H13F2NS/c12-10-2-1-9(5-11(10)13)15-7-8-3-4-14-6-8/h1-2,5,8,14H,3-4,6-7H2/t8-/m1/s1. The molecule has 1 nitrogen and oxygen atoms in total. The van der Waals surface area contributed by atoms with Crippen molar-refractivity contribution < 1.29 is 8.78 Å². The van der Waals surface area contributed by atoms with Crippen LogP contribution in [-0.2, 0) is 0 Å². The van der Waals surface area contributed by atoms with Crippen molar-refractivity contribution in [2.45, 2.75) is 11.3 Å². The third kappa shape index (κ3) is 2.92. The Hall–Kier alpha value is -0.610. The van der Waals surface area contributed by atoms with E-state index in [1.807, 2.05) is 0 Å². The van der Waals surface area contributed by atoms with Gasteiger partial charge in [0.2, 0.25) is 0 Å². The second kappa shape index (κ2) is 4.94. The van der Waals surface area contributed by atoms with Gasteiger partial charge in [-0.15, -0.1) is 11.8 Å². The minimum atomic E-state index is -0.776. The molecule has 1 aliphatic rings. The molecule has 0 saturated carbocycles. The van der Waals surface area contributed by atoms with Crippen LogP contribution in [0.25, 0.3) is 0 Å². The number of hydrogen-bond donors (Lipinski definition) is 1. The lowest BCUT2D eigenvalue weighted by atomic mass is 10.2. The van der Waals surface area contributed by atoms with Crippen LogP contribution in [0.15, 0.2) is 23.1 Å². The maximum absolute atomic E-state index is 12.9. The van der Waals surface area contributed by atoms with E-state index in [4.69, 9.17) is 0 Å². The van der Waals surface area contributed by atoms with E-state index in [1.54, 1.807) is 17.8 Å². The van der Waals surface area contributed by atoms with Crippen molar-refractivity contribution in [2.75, 3.05) is 18.8 Å². The molecule has 0 amide bonds. The second-order valence-corrected chi connectivity index (χ2v) is 4.84. The third-order valence-electron chi connectivity index (χ3n) is 2.54. The van der Waals surface area contributed by atoms with Crippen LogP contribution in [0.5, 0.6) is 0 Å². The summed E-state index contributed by atoms with van der Waals surface area (Å²) in [5.41, 5.74) is 0. The summed E-state index contributed by atoms with van der Waals surface area (Å²) in [6.45, 7) is 2.11. The summed E-state index contributed by atoms with van der Waals surface area (Å²) in [5.74, 6) is 0.0903. The molecule has 0 unspecified atom stereocenters. The smallest absolute Gasteiger partial charge is 0.159 e. The van der Waals surface area contributed by atoms with Crippen molar-refractivity contribution in [3.8, 4) is 0 Å². The molecule has 82 valence electrons. The Bertz CT molecular complexity index is 337. The predicted molar refractivity (Wildman–Crippen MR) is 58.1 cm³/mol. The Kier molecular flexibility index (Phi) is 3.59. The van der Waals surface area contributed by atoms with E-state index in [2.05, 4.69) is 5.32 Å². The average Bonchev–Trinajstić information content (AvgIpc) is 2.73. The molecule has 1 atom stereocenters. The van der Waals surface area contributed by atoms with Gasteiger partial charge in [-0.05, 0) is 43.6 Å². The zero-order valence-electron chi connectivity index (χ0n) is 8.30. The SMILES string of the molecule is Fc1ccc(SC[C@@H]2CCNC2)cc1F. The van der Waals surface area contributed by atoms with Crippen LogP contribution in [-0.4, -0.2) is 18.8 Å². The average molecular weight is 229 g/mol. The van der Waals surface area contributed by atoms with Gasteiger partial charge in [-0.3, -0.25) is 0 Å². The Labute approximate surface area is 92.3 Å². The summed E-state index contributed by atoms with van der Waals surface area (Å²) in [5, 5.41) is 3.28. The van der Waals surface area contributed by atoms with Crippen LogP contribution >= 0.6 is 11.8 Å². The zero-order valence-corrected chi connectivity index (χ0v) is 9.12. The lowest BCUT2D eigenvalue weighted by molar-refractivity contribution is 0.506. The molecule has 0 aromatic heterocycles. The molecule has 0 aliphatic carbocycles. The first-order valence-corrected chi connectivity index (χ1v) is 6.03. The molecule has 2 rings (SSSR count). The highest BCUT2D eigenvalue weighted by Crippen LogP contribution is 2.24. The van der Waals surface area contributed by atoms with E-state index in [9.17, 15) is 8.78 Å². The summed E-state index contributed by atoms with van der Waals surface area (Å²) in [4.78, 5) is 0.806. The van der Waals surface area contributed by atoms with Crippen molar-refractivity contribution in [2.24, 2.45) is 5.92 Å². The van der Waals surface area contributed by atoms with Crippen molar-refractivity contribution in [3.05, 3.63) is 29.8 Å². The highest BCUT2D eigenvalue weighted by Gasteiger charge is 2.14. The molecule has 1 heterocycles. The molecular weight excluding hydrogens is 216 g/mol. The van der Waals surface area contributed by atoms with Gasteiger partial charge in [-0.1, -0.05) is 0 Å². The fraction of sp³-hybridized carbons (Fsp3) is 0.455. The van der Waals surface area contributed by atoms with Crippen LogP contribution in [0.2, 0.25) is 0 Å². The highest BCUT2D eigenvalue weighted by molar-refractivity contribution is 7.99. The molecule has 1 saturated heterocycles. The van der Waals surface area contributed by atoms with Crippen molar-refractivity contribution in [1.82, 2.24) is 5.32 Å². The number of benzene rings is 1. The zero-order chi connectivity index (χ0) is 10.7. The molecular formula is C11H13F2NS. The molecule has 1 N–H and O–H groups in total. The van der Waals surface area contributed by atoms with Crippen molar-refractivity contribution in [1.29, 1.82) is 0 Å². The summed E-state index contributed by atoms with van der Waals surface area (Å²) >= 11 is 1.59. The Morgan fingerprint density at radius 3 is 2.87 bits per heavy atom. The van der Waals surface area contributed by atoms with E-state index in [1.165, 1.54) is 18.6 Å². The Balaban J connectivity index is 1.90. The van der Waals surface area contributed by atoms with Gasteiger partial charge in [0.25, 0.3) is 0 Å². The van der Waals surface area contributed by atoms with Crippen LogP contribution in [0.3, 0.4) is 0 Å². The van der Waals surface area contributed by atoms with Crippen LogP contribution in [0.1, 0.15) is 6.42 Å². The van der Waals surface area contributed by atoms with E-state index in [0.29, 0.717) is 5.92 Å². The van der Waals surface area contributed by atoms with Gasteiger partial charge in [-0.25, -0.2) is 8.78 Å². The van der Waals surface area contributed by atoms with Gasteiger partial charge in [0.05, 0.1) is 0 Å². The first-order valence-electron chi connectivity index (χ1n) is 5.04. The van der Waals surface area contributed by atoms with Gasteiger partial charge in [0, 0.05) is 10.6 Å². The van der Waals surface area contributed by atoms with Gasteiger partial charge in [0.15, 0.2) is 11.6 Å². The van der Waals surface area contributed by atoms with E-state index in [-0.39, 0.29) is 0 Å². The fourth-order valence-electron chi connectivity index (χ4n) is 1.64. The number of nitrogens with one attached hydrogen (secondary N) is 1. The van der Waals surface area contributed by atoms with E-state index in [0.717, 1.165) is 23.7 Å². The molecule has 15 heavy (non-hydrogen) atoms. The topological polar surface area (TPSA) is 12.0 Å². The molecule has 0 spiro atoms. The van der Waals surface area contributed by atoms with Crippen LogP contribution < -0.4 is 5.32 Å². The second-order valence-electron chi connectivity index (χ2n) is 3.75. The number of thioether (sulfide) groups is 1. The molecule has 1 aromatic rings. The van der Waals surface area contributed by atoms with Crippen LogP contribution in [0.4, 0.5) is 8.78 Å². The van der Waals surface area contributed by atoms with E-state index < -0.39 is 11.6 Å². The Morgan fingerprint density at radius 2 is 2.20 bits per heavy atom. The summed E-state index contributed by atoms with van der Waals surface area (Å²) < 4.78 is 25.5. The summed E-state index contributed by atoms with van der Waals surface area (Å²) in [6, 6.07) is 4.08. The molecule has 0 bridgehead atoms. The van der Waals surface area contributed by atoms with Gasteiger partial charge in [0.1, 0.15) is 0 Å². The number of halogens is 2. The van der Waals surface area contributed by atoms with Gasteiger partial charge in [-0.2, -0.15) is 0 Å². The lowest BCUT2D eigenvalue weighted by Gasteiger charge is -2.07. The number of rotatable bonds is 3. The van der Waals surface area contributed by atoms with Crippen molar-refractivity contribution in [3.63, 3.8) is 0 Å². The summed E-state index contributed by atoms with van der Waals surface area (Å²) in [7, 11) is 0. The lowest BCUT2D eigenvalue weighted by Crippen LogP contribution is -2.10.